The van der Waals surface area contributed by atoms with Gasteiger partial charge in [0.25, 0.3) is 0 Å². The molecule has 3 heteroatoms. The van der Waals surface area contributed by atoms with Gasteiger partial charge in [-0.05, 0) is 54.7 Å². The van der Waals surface area contributed by atoms with Crippen molar-refractivity contribution < 1.29 is 14.2 Å². The molecule has 0 fully saturated rings. The molecular formula is C18H21FO2. The van der Waals surface area contributed by atoms with E-state index >= 15 is 0 Å². The third-order valence-corrected chi connectivity index (χ3v) is 3.54. The zero-order valence-electron chi connectivity index (χ0n) is 12.9. The summed E-state index contributed by atoms with van der Waals surface area (Å²) in [4.78, 5) is 0. The van der Waals surface area contributed by atoms with Crippen LogP contribution in [0.15, 0.2) is 36.4 Å². The van der Waals surface area contributed by atoms with Crippen molar-refractivity contribution in [3.05, 3.63) is 58.9 Å². The van der Waals surface area contributed by atoms with Crippen molar-refractivity contribution in [3.63, 3.8) is 0 Å². The first-order chi connectivity index (χ1) is 9.88. The molecule has 112 valence electrons. The average molecular weight is 288 g/mol. The third kappa shape index (κ3) is 3.61. The Labute approximate surface area is 125 Å². The van der Waals surface area contributed by atoms with Gasteiger partial charge in [0.05, 0.1) is 6.10 Å². The van der Waals surface area contributed by atoms with Crippen LogP contribution in [0.5, 0.6) is 11.5 Å². The van der Waals surface area contributed by atoms with Crippen LogP contribution in [0.4, 0.5) is 4.39 Å². The molecule has 0 unspecified atom stereocenters. The second-order valence-electron chi connectivity index (χ2n) is 5.65. The van der Waals surface area contributed by atoms with Crippen molar-refractivity contribution in [2.24, 2.45) is 0 Å². The second kappa shape index (κ2) is 6.27. The van der Waals surface area contributed by atoms with Gasteiger partial charge >= 0.3 is 0 Å². The molecule has 0 aliphatic rings. The van der Waals surface area contributed by atoms with Crippen molar-refractivity contribution in [1.29, 1.82) is 0 Å². The first kappa shape index (κ1) is 15.5. The van der Waals surface area contributed by atoms with Crippen LogP contribution < -0.4 is 4.74 Å². The average Bonchev–Trinajstić information content (AvgIpc) is 2.42. The summed E-state index contributed by atoms with van der Waals surface area (Å²) in [5, 5.41) is 9.46. The normalized spacial score (nSPS) is 12.5. The maximum absolute atomic E-state index is 14.1. The zero-order chi connectivity index (χ0) is 15.6. The lowest BCUT2D eigenvalue weighted by Gasteiger charge is -2.14. The van der Waals surface area contributed by atoms with E-state index in [1.165, 1.54) is 6.07 Å². The Morgan fingerprint density at radius 3 is 2.19 bits per heavy atom. The lowest BCUT2D eigenvalue weighted by atomic mass is 10.0. The van der Waals surface area contributed by atoms with E-state index in [-0.39, 0.29) is 5.75 Å². The Morgan fingerprint density at radius 2 is 1.62 bits per heavy atom. The van der Waals surface area contributed by atoms with E-state index in [0.29, 0.717) is 17.2 Å². The van der Waals surface area contributed by atoms with E-state index in [2.05, 4.69) is 19.9 Å². The first-order valence-corrected chi connectivity index (χ1v) is 7.14. The Kier molecular flexibility index (Phi) is 4.63. The van der Waals surface area contributed by atoms with E-state index < -0.39 is 11.9 Å². The van der Waals surface area contributed by atoms with Crippen LogP contribution in [0.2, 0.25) is 0 Å². The van der Waals surface area contributed by atoms with Gasteiger partial charge in [-0.2, -0.15) is 0 Å². The highest BCUT2D eigenvalue weighted by Crippen LogP contribution is 2.31. The standard InChI is InChI=1S/C18H21FO2/c1-11(2)14-6-5-12(3)18(10-14)21-17-8-7-15(13(4)20)9-16(17)19/h5-11,13,20H,1-4H3/t13-/m1/s1. The van der Waals surface area contributed by atoms with E-state index in [1.54, 1.807) is 19.1 Å². The molecule has 0 amide bonds. The molecule has 21 heavy (non-hydrogen) atoms. The molecule has 0 saturated carbocycles. The van der Waals surface area contributed by atoms with Crippen LogP contribution in [-0.4, -0.2) is 5.11 Å². The van der Waals surface area contributed by atoms with Crippen molar-refractivity contribution in [2.45, 2.75) is 39.7 Å². The van der Waals surface area contributed by atoms with Crippen LogP contribution in [0.1, 0.15) is 49.5 Å². The summed E-state index contributed by atoms with van der Waals surface area (Å²) >= 11 is 0. The van der Waals surface area contributed by atoms with Crippen molar-refractivity contribution in [2.75, 3.05) is 0 Å². The van der Waals surface area contributed by atoms with Crippen molar-refractivity contribution >= 4 is 0 Å². The summed E-state index contributed by atoms with van der Waals surface area (Å²) in [5.74, 6) is 0.742. The predicted octanol–water partition coefficient (Wildman–Crippen LogP) is 5.10. The topological polar surface area (TPSA) is 29.5 Å². The predicted molar refractivity (Wildman–Crippen MR) is 82.4 cm³/mol. The Morgan fingerprint density at radius 1 is 0.952 bits per heavy atom. The summed E-state index contributed by atoms with van der Waals surface area (Å²) in [6.07, 6.45) is -0.695. The van der Waals surface area contributed by atoms with Gasteiger partial charge in [0.1, 0.15) is 5.75 Å². The number of hydrogen-bond donors (Lipinski definition) is 1. The van der Waals surface area contributed by atoms with E-state index in [9.17, 15) is 9.50 Å². The number of aliphatic hydroxyl groups excluding tert-OH is 1. The fraction of sp³-hybridized carbons (Fsp3) is 0.333. The molecule has 0 radical (unpaired) electrons. The number of halogens is 1. The van der Waals surface area contributed by atoms with Crippen LogP contribution in [0.25, 0.3) is 0 Å². The lowest BCUT2D eigenvalue weighted by Crippen LogP contribution is -1.96. The van der Waals surface area contributed by atoms with Crippen LogP contribution in [0, 0.1) is 12.7 Å². The molecule has 0 aromatic heterocycles. The molecule has 0 heterocycles. The first-order valence-electron chi connectivity index (χ1n) is 7.14. The molecule has 2 rings (SSSR count). The number of rotatable bonds is 4. The summed E-state index contributed by atoms with van der Waals surface area (Å²) < 4.78 is 19.8. The number of aliphatic hydroxyl groups is 1. The van der Waals surface area contributed by atoms with Crippen LogP contribution >= 0.6 is 0 Å². The largest absolute Gasteiger partial charge is 0.454 e. The molecule has 0 aliphatic heterocycles. The summed E-state index contributed by atoms with van der Waals surface area (Å²) in [6, 6.07) is 10.5. The van der Waals surface area contributed by atoms with E-state index in [1.807, 2.05) is 19.1 Å². The van der Waals surface area contributed by atoms with E-state index in [0.717, 1.165) is 11.1 Å². The fourth-order valence-electron chi connectivity index (χ4n) is 2.06. The van der Waals surface area contributed by atoms with Gasteiger partial charge in [0.15, 0.2) is 11.6 Å². The third-order valence-electron chi connectivity index (χ3n) is 3.54. The summed E-state index contributed by atoms with van der Waals surface area (Å²) in [6.45, 7) is 7.74. The van der Waals surface area contributed by atoms with E-state index in [4.69, 9.17) is 4.74 Å². The van der Waals surface area contributed by atoms with Gasteiger partial charge in [0, 0.05) is 0 Å². The van der Waals surface area contributed by atoms with Gasteiger partial charge in [0.2, 0.25) is 0 Å². The molecular weight excluding hydrogens is 267 g/mol. The number of hydrogen-bond acceptors (Lipinski definition) is 2. The molecule has 0 spiro atoms. The Hall–Kier alpha value is -1.87. The molecule has 1 N–H and O–H groups in total. The maximum atomic E-state index is 14.1. The highest BCUT2D eigenvalue weighted by molar-refractivity contribution is 5.42. The lowest BCUT2D eigenvalue weighted by molar-refractivity contribution is 0.198. The van der Waals surface area contributed by atoms with Gasteiger partial charge in [-0.3, -0.25) is 0 Å². The second-order valence-corrected chi connectivity index (χ2v) is 5.65. The highest BCUT2D eigenvalue weighted by Gasteiger charge is 2.11. The maximum Gasteiger partial charge on any atom is 0.166 e. The molecule has 2 nitrogen and oxygen atoms in total. The molecule has 2 aromatic carbocycles. The quantitative estimate of drug-likeness (QED) is 0.847. The molecule has 0 saturated heterocycles. The summed E-state index contributed by atoms with van der Waals surface area (Å²) in [5.41, 5.74) is 2.64. The Balaban J connectivity index is 2.32. The van der Waals surface area contributed by atoms with Gasteiger partial charge in [-0.25, -0.2) is 4.39 Å². The number of aryl methyl sites for hydroxylation is 1. The minimum atomic E-state index is -0.695. The van der Waals surface area contributed by atoms with Crippen molar-refractivity contribution in [3.8, 4) is 11.5 Å². The molecule has 0 bridgehead atoms. The number of ether oxygens (including phenoxy) is 1. The van der Waals surface area contributed by atoms with Crippen LogP contribution in [0.3, 0.4) is 0 Å². The van der Waals surface area contributed by atoms with Crippen molar-refractivity contribution in [1.82, 2.24) is 0 Å². The Bertz CT molecular complexity index is 633. The fourth-order valence-corrected chi connectivity index (χ4v) is 2.06. The highest BCUT2D eigenvalue weighted by atomic mass is 19.1. The van der Waals surface area contributed by atoms with Gasteiger partial charge in [-0.1, -0.05) is 32.0 Å². The SMILES string of the molecule is Cc1ccc(C(C)C)cc1Oc1ccc([C@@H](C)O)cc1F. The smallest absolute Gasteiger partial charge is 0.166 e. The minimum absolute atomic E-state index is 0.170. The molecule has 2 aromatic rings. The number of benzene rings is 2. The molecule has 0 aliphatic carbocycles. The zero-order valence-corrected chi connectivity index (χ0v) is 12.9. The van der Waals surface area contributed by atoms with Crippen LogP contribution in [-0.2, 0) is 0 Å². The monoisotopic (exact) mass is 288 g/mol. The summed E-state index contributed by atoms with van der Waals surface area (Å²) in [7, 11) is 0. The van der Waals surface area contributed by atoms with Gasteiger partial charge in [-0.15, -0.1) is 0 Å². The minimum Gasteiger partial charge on any atom is -0.454 e. The molecule has 1 atom stereocenters. The van der Waals surface area contributed by atoms with Gasteiger partial charge < -0.3 is 9.84 Å².